The maximum atomic E-state index is 13.2. The number of ether oxygens (including phenoxy) is 1. The second kappa shape index (κ2) is 8.53. The number of nitrogens with one attached hydrogen (secondary N) is 1. The van der Waals surface area contributed by atoms with Crippen LogP contribution in [0.3, 0.4) is 0 Å². The average Bonchev–Trinajstić information content (AvgIpc) is 3.27. The number of hydrogen-bond acceptors (Lipinski definition) is 5. The number of pyridine rings is 1. The summed E-state index contributed by atoms with van der Waals surface area (Å²) >= 11 is 0. The number of fused-ring (bicyclic) bond motifs is 2. The van der Waals surface area contributed by atoms with Gasteiger partial charge in [0, 0.05) is 11.1 Å². The lowest BCUT2D eigenvalue weighted by Crippen LogP contribution is -2.30. The summed E-state index contributed by atoms with van der Waals surface area (Å²) in [5.74, 6) is 0.246. The highest BCUT2D eigenvalue weighted by Gasteiger charge is 2.33. The van der Waals surface area contributed by atoms with Crippen LogP contribution < -0.4 is 5.32 Å². The molecule has 6 nitrogen and oxygen atoms in total. The molecule has 0 aliphatic heterocycles. The van der Waals surface area contributed by atoms with Gasteiger partial charge >= 0.3 is 5.97 Å². The molecule has 2 aromatic heterocycles. The fraction of sp³-hybridized carbons (Fsp3) is 0.400. The van der Waals surface area contributed by atoms with Crippen molar-refractivity contribution >= 4 is 22.8 Å². The van der Waals surface area contributed by atoms with Crippen molar-refractivity contribution in [2.45, 2.75) is 46.6 Å². The maximum Gasteiger partial charge on any atom is 0.339 e. The van der Waals surface area contributed by atoms with Gasteiger partial charge in [-0.3, -0.25) is 9.78 Å². The number of hydrogen-bond donors (Lipinski definition) is 1. The minimum absolute atomic E-state index is 0.135. The van der Waals surface area contributed by atoms with Crippen molar-refractivity contribution in [1.29, 1.82) is 0 Å². The van der Waals surface area contributed by atoms with E-state index in [2.05, 4.69) is 26.1 Å². The first-order chi connectivity index (χ1) is 14.8. The number of para-hydroxylation sites is 1. The van der Waals surface area contributed by atoms with Crippen LogP contribution in [0.1, 0.15) is 54.6 Å². The van der Waals surface area contributed by atoms with Crippen molar-refractivity contribution in [2.24, 2.45) is 11.3 Å². The van der Waals surface area contributed by atoms with Gasteiger partial charge < -0.3 is 14.5 Å². The molecule has 0 fully saturated rings. The standard InChI is InChI=1S/C25H28N2O4/c1-25(2,3)16-10-11-21-19(13-16)23(18-8-4-5-9-20(18)27-21)24(29)31-15-22(28)26-14-17-7-6-12-30-17/h4-9,12,16H,10-11,13-15H2,1-3H3,(H,26,28)/t16-/m1/s1. The second-order valence-electron chi connectivity index (χ2n) is 9.17. The number of aryl methyl sites for hydroxylation is 1. The summed E-state index contributed by atoms with van der Waals surface area (Å²) in [5, 5.41) is 3.47. The smallest absolute Gasteiger partial charge is 0.339 e. The van der Waals surface area contributed by atoms with Gasteiger partial charge in [-0.1, -0.05) is 39.0 Å². The number of nitrogens with zero attached hydrogens (tertiary/aromatic N) is 1. The van der Waals surface area contributed by atoms with Gasteiger partial charge in [0.15, 0.2) is 6.61 Å². The van der Waals surface area contributed by atoms with E-state index in [1.807, 2.05) is 24.3 Å². The van der Waals surface area contributed by atoms with Crippen molar-refractivity contribution < 1.29 is 18.7 Å². The summed E-state index contributed by atoms with van der Waals surface area (Å²) in [6, 6.07) is 11.2. The summed E-state index contributed by atoms with van der Waals surface area (Å²) in [7, 11) is 0. The van der Waals surface area contributed by atoms with Crippen LogP contribution in [0.15, 0.2) is 47.1 Å². The molecule has 0 bridgehead atoms. The highest BCUT2D eigenvalue weighted by atomic mass is 16.5. The molecule has 0 radical (unpaired) electrons. The first kappa shape index (κ1) is 21.1. The zero-order chi connectivity index (χ0) is 22.0. The van der Waals surface area contributed by atoms with Crippen LogP contribution in [0.25, 0.3) is 10.9 Å². The molecule has 1 aliphatic rings. The molecular formula is C25H28N2O4. The van der Waals surface area contributed by atoms with Crippen molar-refractivity contribution in [1.82, 2.24) is 10.3 Å². The number of carbonyl (C=O) groups is 2. The largest absolute Gasteiger partial charge is 0.467 e. The quantitative estimate of drug-likeness (QED) is 0.617. The first-order valence-corrected chi connectivity index (χ1v) is 10.7. The molecule has 0 spiro atoms. The Balaban J connectivity index is 1.57. The summed E-state index contributed by atoms with van der Waals surface area (Å²) in [6.45, 7) is 6.62. The molecule has 162 valence electrons. The molecular weight excluding hydrogens is 392 g/mol. The van der Waals surface area contributed by atoms with Crippen LogP contribution in [0, 0.1) is 11.3 Å². The van der Waals surface area contributed by atoms with Crippen LogP contribution in [-0.4, -0.2) is 23.5 Å². The second-order valence-corrected chi connectivity index (χ2v) is 9.17. The van der Waals surface area contributed by atoms with E-state index in [0.717, 1.165) is 41.4 Å². The third-order valence-electron chi connectivity index (χ3n) is 6.06. The Morgan fingerprint density at radius 2 is 2.00 bits per heavy atom. The van der Waals surface area contributed by atoms with E-state index in [1.165, 1.54) is 0 Å². The minimum atomic E-state index is -0.474. The van der Waals surface area contributed by atoms with Crippen LogP contribution in [-0.2, 0) is 28.9 Å². The molecule has 6 heteroatoms. The summed E-state index contributed by atoms with van der Waals surface area (Å²) in [4.78, 5) is 30.2. The van der Waals surface area contributed by atoms with Crippen LogP contribution in [0.2, 0.25) is 0 Å². The molecule has 4 rings (SSSR count). The maximum absolute atomic E-state index is 13.2. The predicted octanol–water partition coefficient (Wildman–Crippen LogP) is 4.45. The van der Waals surface area contributed by atoms with Gasteiger partial charge in [0.2, 0.25) is 0 Å². The number of furan rings is 1. The van der Waals surface area contributed by atoms with E-state index in [4.69, 9.17) is 14.1 Å². The molecule has 1 aromatic carbocycles. The molecule has 0 saturated carbocycles. The van der Waals surface area contributed by atoms with Gasteiger partial charge in [-0.2, -0.15) is 0 Å². The molecule has 3 aromatic rings. The molecule has 0 saturated heterocycles. The number of carbonyl (C=O) groups excluding carboxylic acids is 2. The van der Waals surface area contributed by atoms with Crippen LogP contribution in [0.4, 0.5) is 0 Å². The number of benzene rings is 1. The third-order valence-corrected chi connectivity index (χ3v) is 6.06. The normalized spacial score (nSPS) is 16.0. The highest BCUT2D eigenvalue weighted by molar-refractivity contribution is 6.05. The highest BCUT2D eigenvalue weighted by Crippen LogP contribution is 2.39. The lowest BCUT2D eigenvalue weighted by molar-refractivity contribution is -0.124. The van der Waals surface area contributed by atoms with Gasteiger partial charge in [0.05, 0.1) is 23.9 Å². The van der Waals surface area contributed by atoms with E-state index >= 15 is 0 Å². The van der Waals surface area contributed by atoms with Gasteiger partial charge in [-0.25, -0.2) is 4.79 Å². The number of aromatic nitrogens is 1. The molecule has 1 amide bonds. The number of rotatable bonds is 5. The first-order valence-electron chi connectivity index (χ1n) is 10.7. The summed E-state index contributed by atoms with van der Waals surface area (Å²) < 4.78 is 10.6. The fourth-order valence-electron chi connectivity index (χ4n) is 4.21. The Hall–Kier alpha value is -3.15. The van der Waals surface area contributed by atoms with Crippen molar-refractivity contribution in [3.8, 4) is 0 Å². The Morgan fingerprint density at radius 3 is 2.74 bits per heavy atom. The Bertz CT molecular complexity index is 1100. The molecule has 1 aliphatic carbocycles. The molecule has 0 unspecified atom stereocenters. The predicted molar refractivity (Wildman–Crippen MR) is 118 cm³/mol. The Labute approximate surface area is 182 Å². The fourth-order valence-corrected chi connectivity index (χ4v) is 4.21. The number of amides is 1. The zero-order valence-corrected chi connectivity index (χ0v) is 18.2. The van der Waals surface area contributed by atoms with E-state index < -0.39 is 5.97 Å². The molecule has 2 heterocycles. The number of esters is 1. The van der Waals surface area contributed by atoms with E-state index in [0.29, 0.717) is 17.2 Å². The summed E-state index contributed by atoms with van der Waals surface area (Å²) in [5.41, 5.74) is 3.40. The lowest BCUT2D eigenvalue weighted by atomic mass is 9.70. The summed E-state index contributed by atoms with van der Waals surface area (Å²) in [6.07, 6.45) is 4.22. The SMILES string of the molecule is CC(C)(C)[C@@H]1CCc2nc3ccccc3c(C(=O)OCC(=O)NCc3ccco3)c2C1. The third kappa shape index (κ3) is 4.63. The molecule has 31 heavy (non-hydrogen) atoms. The van der Waals surface area contributed by atoms with Crippen molar-refractivity contribution in [2.75, 3.05) is 6.61 Å². The Morgan fingerprint density at radius 1 is 1.19 bits per heavy atom. The average molecular weight is 421 g/mol. The van der Waals surface area contributed by atoms with Crippen molar-refractivity contribution in [3.05, 3.63) is 65.2 Å². The Kier molecular flexibility index (Phi) is 5.81. The van der Waals surface area contributed by atoms with Gasteiger partial charge in [0.1, 0.15) is 5.76 Å². The minimum Gasteiger partial charge on any atom is -0.467 e. The monoisotopic (exact) mass is 420 g/mol. The van der Waals surface area contributed by atoms with Crippen LogP contribution in [0.5, 0.6) is 0 Å². The topological polar surface area (TPSA) is 81.4 Å². The van der Waals surface area contributed by atoms with Gasteiger partial charge in [-0.15, -0.1) is 0 Å². The van der Waals surface area contributed by atoms with Gasteiger partial charge in [0.25, 0.3) is 5.91 Å². The van der Waals surface area contributed by atoms with E-state index in [1.54, 1.807) is 18.4 Å². The van der Waals surface area contributed by atoms with E-state index in [-0.39, 0.29) is 24.5 Å². The van der Waals surface area contributed by atoms with E-state index in [9.17, 15) is 9.59 Å². The van der Waals surface area contributed by atoms with Crippen molar-refractivity contribution in [3.63, 3.8) is 0 Å². The molecule has 1 N–H and O–H groups in total. The lowest BCUT2D eigenvalue weighted by Gasteiger charge is -2.35. The van der Waals surface area contributed by atoms with Gasteiger partial charge in [-0.05, 0) is 54.4 Å². The van der Waals surface area contributed by atoms with Crippen LogP contribution >= 0.6 is 0 Å². The zero-order valence-electron chi connectivity index (χ0n) is 18.2. The molecule has 1 atom stereocenters.